The normalized spacial score (nSPS) is 14.8. The van der Waals surface area contributed by atoms with Gasteiger partial charge in [-0.15, -0.1) is 28.2 Å². The quantitative estimate of drug-likeness (QED) is 0.413. The van der Waals surface area contributed by atoms with Gasteiger partial charge in [-0.05, 0) is 41.5 Å². The van der Waals surface area contributed by atoms with Crippen LogP contribution in [-0.2, 0) is 5.60 Å². The molecule has 2 heterocycles. The van der Waals surface area contributed by atoms with Crippen LogP contribution in [-0.4, -0.2) is 26.4 Å². The van der Waals surface area contributed by atoms with Gasteiger partial charge in [0.2, 0.25) is 0 Å². The first-order chi connectivity index (χ1) is 14.2. The zero-order valence-electron chi connectivity index (χ0n) is 15.8. The van der Waals surface area contributed by atoms with Gasteiger partial charge in [0.15, 0.2) is 5.60 Å². The van der Waals surface area contributed by atoms with Gasteiger partial charge in [-0.3, -0.25) is 0 Å². The fourth-order valence-electron chi connectivity index (χ4n) is 3.78. The molecule has 29 heavy (non-hydrogen) atoms. The lowest BCUT2D eigenvalue weighted by atomic mass is 9.91. The third-order valence-electron chi connectivity index (χ3n) is 5.20. The molecule has 6 heteroatoms. The van der Waals surface area contributed by atoms with Gasteiger partial charge in [-0.25, -0.2) is 4.68 Å². The standard InChI is InChI=1S/C23H19N3OS2/c1-28-22(26-19-13-7-6-12-18(19)24-25-26)23(27,17-10-3-2-4-11-17)21-15-16-9-5-8-14-20(16)29-21/h2-15,22,27H,1H3. The SMILES string of the molecule is CSC(n1nnc2ccccc21)C(O)(c1ccccc1)c1cc2ccccc2s1. The molecule has 0 aliphatic heterocycles. The second kappa shape index (κ2) is 7.30. The van der Waals surface area contributed by atoms with E-state index in [2.05, 4.69) is 28.5 Å². The lowest BCUT2D eigenvalue weighted by Crippen LogP contribution is -2.36. The van der Waals surface area contributed by atoms with Crippen LogP contribution < -0.4 is 0 Å². The molecule has 0 fully saturated rings. The van der Waals surface area contributed by atoms with E-state index in [1.54, 1.807) is 23.1 Å². The molecule has 5 aromatic rings. The van der Waals surface area contributed by atoms with Crippen LogP contribution in [0.1, 0.15) is 15.8 Å². The number of para-hydroxylation sites is 1. The van der Waals surface area contributed by atoms with Crippen LogP contribution in [0.3, 0.4) is 0 Å². The van der Waals surface area contributed by atoms with Gasteiger partial charge in [-0.1, -0.05) is 65.9 Å². The Bertz CT molecular complexity index is 1250. The zero-order chi connectivity index (χ0) is 19.8. The Hall–Kier alpha value is -2.67. The van der Waals surface area contributed by atoms with E-state index in [1.165, 1.54) is 0 Å². The average Bonchev–Trinajstić information content (AvgIpc) is 3.40. The number of rotatable bonds is 5. The molecule has 4 nitrogen and oxygen atoms in total. The van der Waals surface area contributed by atoms with Crippen molar-refractivity contribution in [1.29, 1.82) is 0 Å². The summed E-state index contributed by atoms with van der Waals surface area (Å²) in [6.45, 7) is 0. The van der Waals surface area contributed by atoms with Gasteiger partial charge < -0.3 is 5.11 Å². The number of nitrogens with zero attached hydrogens (tertiary/aromatic N) is 3. The van der Waals surface area contributed by atoms with Gasteiger partial charge in [-0.2, -0.15) is 0 Å². The third kappa shape index (κ3) is 2.95. The Balaban J connectivity index is 1.77. The average molecular weight is 418 g/mol. The van der Waals surface area contributed by atoms with Crippen molar-refractivity contribution in [2.24, 2.45) is 0 Å². The molecular weight excluding hydrogens is 398 g/mol. The molecule has 0 bridgehead atoms. The van der Waals surface area contributed by atoms with Crippen molar-refractivity contribution >= 4 is 44.2 Å². The smallest absolute Gasteiger partial charge is 0.155 e. The van der Waals surface area contributed by atoms with Crippen molar-refractivity contribution in [2.75, 3.05) is 6.26 Å². The maximum absolute atomic E-state index is 12.3. The number of aliphatic hydroxyl groups is 1. The Kier molecular flexibility index (Phi) is 4.62. The van der Waals surface area contributed by atoms with Crippen LogP contribution in [0.4, 0.5) is 0 Å². The van der Waals surface area contributed by atoms with E-state index in [9.17, 15) is 5.11 Å². The number of thiophene rings is 1. The Morgan fingerprint density at radius 1 is 0.966 bits per heavy atom. The number of hydrogen-bond donors (Lipinski definition) is 1. The highest BCUT2D eigenvalue weighted by molar-refractivity contribution is 7.98. The van der Waals surface area contributed by atoms with Gasteiger partial charge in [0.05, 0.1) is 5.52 Å². The van der Waals surface area contributed by atoms with Gasteiger partial charge >= 0.3 is 0 Å². The van der Waals surface area contributed by atoms with E-state index in [1.807, 2.05) is 77.7 Å². The molecule has 0 saturated heterocycles. The molecular formula is C23H19N3OS2. The molecule has 0 saturated carbocycles. The largest absolute Gasteiger partial charge is 0.376 e. The summed E-state index contributed by atoms with van der Waals surface area (Å²) < 4.78 is 3.00. The minimum atomic E-state index is -1.26. The minimum absolute atomic E-state index is 0.384. The molecule has 3 aromatic carbocycles. The highest BCUT2D eigenvalue weighted by Gasteiger charge is 2.44. The second-order valence-electron chi connectivity index (χ2n) is 6.89. The van der Waals surface area contributed by atoms with Crippen molar-refractivity contribution < 1.29 is 5.11 Å². The zero-order valence-corrected chi connectivity index (χ0v) is 17.4. The number of thioether (sulfide) groups is 1. The molecule has 144 valence electrons. The summed E-state index contributed by atoms with van der Waals surface area (Å²) in [5.74, 6) is 0. The first-order valence-corrected chi connectivity index (χ1v) is 11.4. The predicted octanol–water partition coefficient (Wildman–Crippen LogP) is 5.44. The van der Waals surface area contributed by atoms with Crippen LogP contribution in [0.25, 0.3) is 21.1 Å². The number of benzene rings is 3. The molecule has 0 aliphatic carbocycles. The van der Waals surface area contributed by atoms with E-state index in [0.29, 0.717) is 0 Å². The summed E-state index contributed by atoms with van der Waals surface area (Å²) in [6, 6.07) is 28.0. The van der Waals surface area contributed by atoms with E-state index < -0.39 is 5.60 Å². The molecule has 2 aromatic heterocycles. The van der Waals surface area contributed by atoms with Gasteiger partial charge in [0.25, 0.3) is 0 Å². The van der Waals surface area contributed by atoms with Crippen LogP contribution >= 0.6 is 23.1 Å². The first kappa shape index (κ1) is 18.4. The maximum atomic E-state index is 12.3. The number of aromatic nitrogens is 3. The van der Waals surface area contributed by atoms with E-state index >= 15 is 0 Å². The topological polar surface area (TPSA) is 50.9 Å². The summed E-state index contributed by atoms with van der Waals surface area (Å²) >= 11 is 3.19. The number of hydrogen-bond acceptors (Lipinski definition) is 5. The molecule has 5 rings (SSSR count). The lowest BCUT2D eigenvalue weighted by molar-refractivity contribution is 0.0577. The van der Waals surface area contributed by atoms with E-state index in [0.717, 1.165) is 31.6 Å². The Morgan fingerprint density at radius 2 is 1.69 bits per heavy atom. The van der Waals surface area contributed by atoms with Crippen molar-refractivity contribution in [3.63, 3.8) is 0 Å². The molecule has 0 radical (unpaired) electrons. The first-order valence-electron chi connectivity index (χ1n) is 9.31. The summed E-state index contributed by atoms with van der Waals surface area (Å²) in [5.41, 5.74) is 1.30. The van der Waals surface area contributed by atoms with Crippen LogP contribution in [0.15, 0.2) is 84.9 Å². The third-order valence-corrected chi connectivity index (χ3v) is 7.42. The summed E-state index contributed by atoms with van der Waals surface area (Å²) in [7, 11) is 0. The minimum Gasteiger partial charge on any atom is -0.376 e. The monoisotopic (exact) mass is 417 g/mol. The summed E-state index contributed by atoms with van der Waals surface area (Å²) in [4.78, 5) is 0.892. The second-order valence-corrected chi connectivity index (χ2v) is 8.89. The fraction of sp³-hybridized carbons (Fsp3) is 0.130. The molecule has 2 atom stereocenters. The van der Waals surface area contributed by atoms with Gasteiger partial charge in [0.1, 0.15) is 10.9 Å². The lowest BCUT2D eigenvalue weighted by Gasteiger charge is -2.35. The molecule has 2 unspecified atom stereocenters. The predicted molar refractivity (Wildman–Crippen MR) is 121 cm³/mol. The Morgan fingerprint density at radius 3 is 2.48 bits per heavy atom. The summed E-state index contributed by atoms with van der Waals surface area (Å²) in [6.07, 6.45) is 2.00. The molecule has 1 N–H and O–H groups in total. The van der Waals surface area contributed by atoms with Crippen LogP contribution in [0.5, 0.6) is 0 Å². The molecule has 0 amide bonds. The van der Waals surface area contributed by atoms with E-state index in [-0.39, 0.29) is 5.37 Å². The van der Waals surface area contributed by atoms with Crippen molar-refractivity contribution in [1.82, 2.24) is 15.0 Å². The van der Waals surface area contributed by atoms with Crippen molar-refractivity contribution in [3.05, 3.63) is 95.4 Å². The highest BCUT2D eigenvalue weighted by atomic mass is 32.2. The van der Waals surface area contributed by atoms with Crippen LogP contribution in [0, 0.1) is 0 Å². The van der Waals surface area contributed by atoms with Crippen molar-refractivity contribution in [2.45, 2.75) is 11.0 Å². The van der Waals surface area contributed by atoms with E-state index in [4.69, 9.17) is 0 Å². The molecule has 0 spiro atoms. The fourth-order valence-corrected chi connectivity index (χ4v) is 6.01. The Labute approximate surface area is 176 Å². The van der Waals surface area contributed by atoms with Crippen molar-refractivity contribution in [3.8, 4) is 0 Å². The van der Waals surface area contributed by atoms with Gasteiger partial charge in [0, 0.05) is 9.58 Å². The molecule has 0 aliphatic rings. The summed E-state index contributed by atoms with van der Waals surface area (Å²) in [5, 5.41) is 21.8. The van der Waals surface area contributed by atoms with Crippen LogP contribution in [0.2, 0.25) is 0 Å². The highest BCUT2D eigenvalue weighted by Crippen LogP contribution is 2.48. The maximum Gasteiger partial charge on any atom is 0.155 e. The number of fused-ring (bicyclic) bond motifs is 2.